The van der Waals surface area contributed by atoms with Gasteiger partial charge in [-0.2, -0.15) is 0 Å². The first-order chi connectivity index (χ1) is 12.5. The van der Waals surface area contributed by atoms with Gasteiger partial charge in [-0.1, -0.05) is 24.3 Å². The number of nitrogens with one attached hydrogen (secondary N) is 2. The minimum absolute atomic E-state index is 0. The molecule has 27 heavy (non-hydrogen) atoms. The number of hydrogen-bond acceptors (Lipinski definition) is 5. The maximum Gasteiger partial charge on any atom is 0.269 e. The number of hydrogen-bond donors (Lipinski definition) is 2. The van der Waals surface area contributed by atoms with Crippen LogP contribution >= 0.6 is 24.0 Å². The second kappa shape index (κ2) is 12.6. The third-order valence-corrected chi connectivity index (χ3v) is 3.95. The molecule has 1 fully saturated rings. The van der Waals surface area contributed by atoms with Crippen molar-refractivity contribution in [2.75, 3.05) is 45.9 Å². The molecule has 0 radical (unpaired) electrons. The fourth-order valence-corrected chi connectivity index (χ4v) is 2.46. The number of guanidine groups is 1. The summed E-state index contributed by atoms with van der Waals surface area (Å²) in [6, 6.07) is 6.45. The van der Waals surface area contributed by atoms with Crippen LogP contribution in [-0.2, 0) is 11.3 Å². The smallest absolute Gasteiger partial charge is 0.269 e. The van der Waals surface area contributed by atoms with Gasteiger partial charge >= 0.3 is 0 Å². The van der Waals surface area contributed by atoms with Gasteiger partial charge in [0.2, 0.25) is 0 Å². The topological polar surface area (TPSA) is 92.0 Å². The Balaban J connectivity index is 0.00000364. The lowest BCUT2D eigenvalue weighted by molar-refractivity contribution is -0.384. The number of aliphatic imine (C=N–C) groups is 1. The van der Waals surface area contributed by atoms with Crippen LogP contribution in [0.5, 0.6) is 0 Å². The molecule has 0 bridgehead atoms. The van der Waals surface area contributed by atoms with E-state index >= 15 is 0 Å². The van der Waals surface area contributed by atoms with Gasteiger partial charge in [-0.25, -0.2) is 4.99 Å². The Labute approximate surface area is 177 Å². The number of halogens is 1. The molecule has 9 heteroatoms. The van der Waals surface area contributed by atoms with Crippen molar-refractivity contribution >= 4 is 35.6 Å². The van der Waals surface area contributed by atoms with Gasteiger partial charge in [-0.05, 0) is 12.5 Å². The summed E-state index contributed by atoms with van der Waals surface area (Å²) in [4.78, 5) is 17.2. The van der Waals surface area contributed by atoms with Gasteiger partial charge in [0.25, 0.3) is 5.69 Å². The van der Waals surface area contributed by atoms with E-state index in [9.17, 15) is 10.1 Å². The summed E-state index contributed by atoms with van der Waals surface area (Å²) in [7, 11) is 0. The number of nitro benzene ring substituents is 1. The van der Waals surface area contributed by atoms with E-state index in [0.717, 1.165) is 50.5 Å². The molecule has 0 spiro atoms. The van der Waals surface area contributed by atoms with Gasteiger partial charge in [0, 0.05) is 44.9 Å². The molecule has 1 heterocycles. The molecule has 0 aromatic heterocycles. The van der Waals surface area contributed by atoms with E-state index in [2.05, 4.69) is 27.1 Å². The Morgan fingerprint density at radius 3 is 2.56 bits per heavy atom. The average molecular weight is 489 g/mol. The van der Waals surface area contributed by atoms with Crippen molar-refractivity contribution in [2.24, 2.45) is 4.99 Å². The van der Waals surface area contributed by atoms with Crippen molar-refractivity contribution in [3.05, 3.63) is 52.1 Å². The lowest BCUT2D eigenvalue weighted by Crippen LogP contribution is -2.44. The summed E-state index contributed by atoms with van der Waals surface area (Å²) in [6.45, 7) is 12.1. The van der Waals surface area contributed by atoms with Gasteiger partial charge < -0.3 is 15.4 Å². The summed E-state index contributed by atoms with van der Waals surface area (Å²) in [6.07, 6.45) is 0. The summed E-state index contributed by atoms with van der Waals surface area (Å²) >= 11 is 0. The van der Waals surface area contributed by atoms with Crippen LogP contribution in [0.3, 0.4) is 0 Å². The molecule has 0 atom stereocenters. The molecule has 2 N–H and O–H groups in total. The maximum atomic E-state index is 10.7. The van der Waals surface area contributed by atoms with Crippen LogP contribution in [0.1, 0.15) is 12.5 Å². The highest BCUT2D eigenvalue weighted by Crippen LogP contribution is 2.12. The summed E-state index contributed by atoms with van der Waals surface area (Å²) in [5, 5.41) is 17.3. The van der Waals surface area contributed by atoms with Gasteiger partial charge in [0.15, 0.2) is 5.96 Å². The molecule has 1 aliphatic rings. The number of rotatable bonds is 8. The highest BCUT2D eigenvalue weighted by atomic mass is 127. The zero-order valence-electron chi connectivity index (χ0n) is 15.6. The van der Waals surface area contributed by atoms with E-state index in [4.69, 9.17) is 4.74 Å². The number of morpholine rings is 1. The van der Waals surface area contributed by atoms with E-state index in [0.29, 0.717) is 19.0 Å². The summed E-state index contributed by atoms with van der Waals surface area (Å²) in [5.41, 5.74) is 2.02. The summed E-state index contributed by atoms with van der Waals surface area (Å²) in [5.74, 6) is 0.708. The van der Waals surface area contributed by atoms with Crippen LogP contribution in [0, 0.1) is 10.1 Å². The van der Waals surface area contributed by atoms with Crippen molar-refractivity contribution < 1.29 is 9.66 Å². The molecule has 0 saturated carbocycles. The maximum absolute atomic E-state index is 10.7. The first-order valence-electron chi connectivity index (χ1n) is 8.74. The van der Waals surface area contributed by atoms with Crippen molar-refractivity contribution in [3.8, 4) is 0 Å². The monoisotopic (exact) mass is 489 g/mol. The van der Waals surface area contributed by atoms with Crippen LogP contribution in [-0.4, -0.2) is 61.7 Å². The zero-order valence-corrected chi connectivity index (χ0v) is 18.0. The molecule has 8 nitrogen and oxygen atoms in total. The highest BCUT2D eigenvalue weighted by Gasteiger charge is 2.10. The van der Waals surface area contributed by atoms with Crippen LogP contribution in [0.4, 0.5) is 5.69 Å². The minimum atomic E-state index is -0.403. The molecule has 1 saturated heterocycles. The third kappa shape index (κ3) is 9.16. The quantitative estimate of drug-likeness (QED) is 0.145. The van der Waals surface area contributed by atoms with Crippen molar-refractivity contribution in [3.63, 3.8) is 0 Å². The standard InChI is InChI=1S/C18H27N5O3.HI/c1-15(2)13-20-18(19-7-8-22-9-11-26-12-10-22)21-14-16-3-5-17(6-4-16)23(24)25;/h3-6H,1,7-14H2,2H3,(H2,19,20,21);1H. The van der Waals surface area contributed by atoms with Crippen molar-refractivity contribution in [1.82, 2.24) is 15.5 Å². The first kappa shape index (κ1) is 23.3. The summed E-state index contributed by atoms with van der Waals surface area (Å²) < 4.78 is 5.35. The number of nitrogens with zero attached hydrogens (tertiary/aromatic N) is 3. The average Bonchev–Trinajstić information content (AvgIpc) is 2.64. The molecule has 1 aromatic rings. The van der Waals surface area contributed by atoms with Crippen molar-refractivity contribution in [2.45, 2.75) is 13.5 Å². The normalized spacial score (nSPS) is 14.9. The largest absolute Gasteiger partial charge is 0.379 e. The molecule has 150 valence electrons. The second-order valence-corrected chi connectivity index (χ2v) is 6.28. The molecule has 1 aromatic carbocycles. The Morgan fingerprint density at radius 2 is 1.96 bits per heavy atom. The lowest BCUT2D eigenvalue weighted by atomic mass is 10.2. The molecule has 2 rings (SSSR count). The van der Waals surface area contributed by atoms with Gasteiger partial charge in [0.05, 0.1) is 24.7 Å². The first-order valence-corrected chi connectivity index (χ1v) is 8.74. The number of ether oxygens (including phenoxy) is 1. The van der Waals surface area contributed by atoms with E-state index in [-0.39, 0.29) is 29.7 Å². The molecular formula is C18H28IN5O3. The molecule has 1 aliphatic heterocycles. The molecule has 0 amide bonds. The molecule has 0 aliphatic carbocycles. The van der Waals surface area contributed by atoms with Crippen LogP contribution in [0.15, 0.2) is 41.4 Å². The van der Waals surface area contributed by atoms with Crippen LogP contribution in [0.2, 0.25) is 0 Å². The highest BCUT2D eigenvalue weighted by molar-refractivity contribution is 14.0. The number of non-ortho nitro benzene ring substituents is 1. The van der Waals surface area contributed by atoms with Gasteiger partial charge in [0.1, 0.15) is 0 Å². The molecular weight excluding hydrogens is 461 g/mol. The van der Waals surface area contributed by atoms with E-state index in [1.54, 1.807) is 12.1 Å². The minimum Gasteiger partial charge on any atom is -0.379 e. The fourth-order valence-electron chi connectivity index (χ4n) is 2.46. The van der Waals surface area contributed by atoms with E-state index in [1.165, 1.54) is 12.1 Å². The Bertz CT molecular complexity index is 630. The SMILES string of the molecule is C=C(C)CNC(=NCc1ccc([N+](=O)[O-])cc1)NCCN1CCOCC1.I. The van der Waals surface area contributed by atoms with E-state index in [1.807, 2.05) is 6.92 Å². The Kier molecular flexibility index (Phi) is 10.9. The van der Waals surface area contributed by atoms with Gasteiger partial charge in [-0.15, -0.1) is 24.0 Å². The zero-order chi connectivity index (χ0) is 18.8. The lowest BCUT2D eigenvalue weighted by Gasteiger charge is -2.26. The van der Waals surface area contributed by atoms with Crippen LogP contribution in [0.25, 0.3) is 0 Å². The van der Waals surface area contributed by atoms with Gasteiger partial charge in [-0.3, -0.25) is 15.0 Å². The number of nitro groups is 1. The predicted molar refractivity (Wildman–Crippen MR) is 118 cm³/mol. The Morgan fingerprint density at radius 1 is 1.30 bits per heavy atom. The molecule has 0 unspecified atom stereocenters. The number of benzene rings is 1. The van der Waals surface area contributed by atoms with E-state index < -0.39 is 4.92 Å². The predicted octanol–water partition coefficient (Wildman–Crippen LogP) is 2.16. The van der Waals surface area contributed by atoms with Crippen molar-refractivity contribution in [1.29, 1.82) is 0 Å². The third-order valence-electron chi connectivity index (χ3n) is 3.95. The van der Waals surface area contributed by atoms with Crippen LogP contribution < -0.4 is 10.6 Å². The fraction of sp³-hybridized carbons (Fsp3) is 0.500. The second-order valence-electron chi connectivity index (χ2n) is 6.28. The Hall–Kier alpha value is -1.72.